The molecule has 0 bridgehead atoms. The molecule has 1 aliphatic rings. The summed E-state index contributed by atoms with van der Waals surface area (Å²) in [5.41, 5.74) is 1.67. The van der Waals surface area contributed by atoms with Crippen LogP contribution < -0.4 is 5.63 Å². The van der Waals surface area contributed by atoms with Crippen molar-refractivity contribution in [2.24, 2.45) is 0 Å². The van der Waals surface area contributed by atoms with E-state index in [1.54, 1.807) is 4.74 Å². The van der Waals surface area contributed by atoms with E-state index in [0.717, 1.165) is 50.0 Å². The summed E-state index contributed by atoms with van der Waals surface area (Å²) < 4.78 is 13.0. The van der Waals surface area contributed by atoms with E-state index in [-0.39, 0.29) is 11.9 Å². The van der Waals surface area contributed by atoms with Crippen molar-refractivity contribution in [3.63, 3.8) is 0 Å². The lowest BCUT2D eigenvalue weighted by molar-refractivity contribution is -0.0764. The first-order valence-electron chi connectivity index (χ1n) is 12.6. The van der Waals surface area contributed by atoms with Crippen molar-refractivity contribution in [2.45, 2.75) is 136 Å². The average Bonchev–Trinajstić information content (AvgIpc) is 3.02. The van der Waals surface area contributed by atoms with Crippen molar-refractivity contribution in [1.82, 2.24) is 4.74 Å². The molecule has 1 aliphatic heterocycles. The van der Waals surface area contributed by atoms with E-state index >= 15 is 0 Å². The number of ether oxygens (including phenoxy) is 1. The summed E-state index contributed by atoms with van der Waals surface area (Å²) in [6.07, 6.45) is 22.9. The van der Waals surface area contributed by atoms with Crippen LogP contribution in [-0.2, 0) is 11.2 Å². The number of hydrogen-bond acceptors (Lipinski definition) is 3. The molecule has 1 aromatic heterocycles. The summed E-state index contributed by atoms with van der Waals surface area (Å²) in [6, 6.07) is 0. The first-order valence-corrected chi connectivity index (χ1v) is 12.6. The van der Waals surface area contributed by atoms with E-state index in [1.807, 2.05) is 6.92 Å². The predicted molar refractivity (Wildman–Crippen MR) is 121 cm³/mol. The fourth-order valence-electron chi connectivity index (χ4n) is 4.46. The topological polar surface area (TPSA) is 44.4 Å². The van der Waals surface area contributed by atoms with E-state index in [1.165, 1.54) is 83.5 Å². The van der Waals surface area contributed by atoms with Crippen LogP contribution >= 0.6 is 0 Å². The third kappa shape index (κ3) is 9.11. The van der Waals surface area contributed by atoms with Gasteiger partial charge in [0.25, 0.3) is 0 Å². The molecule has 29 heavy (non-hydrogen) atoms. The van der Waals surface area contributed by atoms with E-state index in [0.29, 0.717) is 0 Å². The lowest BCUT2D eigenvalue weighted by Gasteiger charge is -2.23. The van der Waals surface area contributed by atoms with Crippen molar-refractivity contribution in [3.8, 4) is 0 Å². The SMILES string of the molecule is CCCCCCCCCCCCCCCCc1c(C)n(C2CCCCO2)oc1=O. The molecule has 0 amide bonds. The summed E-state index contributed by atoms with van der Waals surface area (Å²) in [5, 5.41) is 0. The van der Waals surface area contributed by atoms with Gasteiger partial charge in [0.2, 0.25) is 0 Å². The minimum absolute atomic E-state index is 0.0819. The van der Waals surface area contributed by atoms with E-state index in [2.05, 4.69) is 6.92 Å². The van der Waals surface area contributed by atoms with Crippen molar-refractivity contribution in [3.05, 3.63) is 21.7 Å². The van der Waals surface area contributed by atoms with E-state index < -0.39 is 0 Å². The molecule has 4 nitrogen and oxygen atoms in total. The number of rotatable bonds is 16. The Kier molecular flexibility index (Phi) is 12.4. The summed E-state index contributed by atoms with van der Waals surface area (Å²) in [4.78, 5) is 12.2. The molecule has 0 N–H and O–H groups in total. The van der Waals surface area contributed by atoms with Crippen LogP contribution in [-0.4, -0.2) is 11.3 Å². The van der Waals surface area contributed by atoms with Gasteiger partial charge in [-0.3, -0.25) is 0 Å². The minimum atomic E-state index is -0.161. The van der Waals surface area contributed by atoms with Crippen LogP contribution in [0, 0.1) is 6.92 Å². The van der Waals surface area contributed by atoms with Crippen LogP contribution in [0.3, 0.4) is 0 Å². The summed E-state index contributed by atoms with van der Waals surface area (Å²) >= 11 is 0. The molecule has 1 aromatic rings. The van der Waals surface area contributed by atoms with Crippen LogP contribution in [0.2, 0.25) is 0 Å². The largest absolute Gasteiger partial charge is 0.361 e. The van der Waals surface area contributed by atoms with Crippen LogP contribution in [0.25, 0.3) is 0 Å². The zero-order valence-corrected chi connectivity index (χ0v) is 19.2. The highest BCUT2D eigenvalue weighted by atomic mass is 16.6. The molecular formula is C25H45NO3. The fraction of sp³-hybridized carbons (Fsp3) is 0.880. The van der Waals surface area contributed by atoms with Gasteiger partial charge in [0.1, 0.15) is 0 Å². The molecule has 2 rings (SSSR count). The van der Waals surface area contributed by atoms with E-state index in [9.17, 15) is 4.79 Å². The quantitative estimate of drug-likeness (QED) is 0.267. The first kappa shape index (κ1) is 24.2. The smallest absolute Gasteiger partial charge is 0.355 e. The molecule has 168 valence electrons. The van der Waals surface area contributed by atoms with Crippen molar-refractivity contribution < 1.29 is 9.26 Å². The molecule has 2 heterocycles. The third-order valence-electron chi connectivity index (χ3n) is 6.39. The van der Waals surface area contributed by atoms with Gasteiger partial charge in [0, 0.05) is 6.61 Å². The van der Waals surface area contributed by atoms with Gasteiger partial charge >= 0.3 is 5.63 Å². The zero-order valence-electron chi connectivity index (χ0n) is 19.2. The molecule has 4 heteroatoms. The fourth-order valence-corrected chi connectivity index (χ4v) is 4.46. The molecule has 1 fully saturated rings. The highest BCUT2D eigenvalue weighted by molar-refractivity contribution is 5.15. The van der Waals surface area contributed by atoms with Crippen LogP contribution in [0.1, 0.15) is 134 Å². The average molecular weight is 408 g/mol. The van der Waals surface area contributed by atoms with E-state index in [4.69, 9.17) is 9.26 Å². The zero-order chi connectivity index (χ0) is 20.7. The summed E-state index contributed by atoms with van der Waals surface area (Å²) in [5.74, 6) is 0. The Morgan fingerprint density at radius 1 is 0.828 bits per heavy atom. The Balaban J connectivity index is 1.48. The number of unbranched alkanes of at least 4 members (excludes halogenated alkanes) is 13. The molecule has 1 atom stereocenters. The van der Waals surface area contributed by atoms with Crippen LogP contribution in [0.4, 0.5) is 0 Å². The molecule has 0 spiro atoms. The van der Waals surface area contributed by atoms with Gasteiger partial charge in [-0.2, -0.15) is 4.74 Å². The Bertz CT molecular complexity index is 583. The summed E-state index contributed by atoms with van der Waals surface area (Å²) in [7, 11) is 0. The predicted octanol–water partition coefficient (Wildman–Crippen LogP) is 7.47. The molecule has 0 radical (unpaired) electrons. The van der Waals surface area contributed by atoms with Gasteiger partial charge in [-0.05, 0) is 39.0 Å². The molecule has 1 unspecified atom stereocenters. The maximum Gasteiger partial charge on any atom is 0.361 e. The second-order valence-corrected chi connectivity index (χ2v) is 8.94. The Hall–Kier alpha value is -1.03. The third-order valence-corrected chi connectivity index (χ3v) is 6.39. The van der Waals surface area contributed by atoms with Crippen molar-refractivity contribution >= 4 is 0 Å². The van der Waals surface area contributed by atoms with Gasteiger partial charge < -0.3 is 9.26 Å². The molecule has 0 aliphatic carbocycles. The molecular weight excluding hydrogens is 362 g/mol. The first-order chi connectivity index (χ1) is 14.2. The highest BCUT2D eigenvalue weighted by Crippen LogP contribution is 2.25. The maximum atomic E-state index is 12.2. The second-order valence-electron chi connectivity index (χ2n) is 8.94. The standard InChI is InChI=1S/C25H45NO3/c1-3-4-5-6-7-8-9-10-11-12-13-14-15-16-19-23-22(2)26(29-25(23)27)24-20-17-18-21-28-24/h24H,3-21H2,1-2H3. The maximum absolute atomic E-state index is 12.2. The van der Waals surface area contributed by atoms with Crippen molar-refractivity contribution in [2.75, 3.05) is 6.61 Å². The number of nitrogens with zero attached hydrogens (tertiary/aromatic N) is 1. The van der Waals surface area contributed by atoms with Gasteiger partial charge in [-0.15, -0.1) is 0 Å². The Morgan fingerprint density at radius 3 is 1.90 bits per heavy atom. The second kappa shape index (κ2) is 14.9. The number of hydrogen-bond donors (Lipinski definition) is 0. The lowest BCUT2D eigenvalue weighted by atomic mass is 10.0. The normalized spacial score (nSPS) is 17.1. The van der Waals surface area contributed by atoms with Crippen molar-refractivity contribution in [1.29, 1.82) is 0 Å². The van der Waals surface area contributed by atoms with Gasteiger partial charge in [0.05, 0.1) is 11.3 Å². The van der Waals surface area contributed by atoms with Gasteiger partial charge in [-0.1, -0.05) is 90.4 Å². The Labute approximate surface area is 178 Å². The lowest BCUT2D eigenvalue weighted by Crippen LogP contribution is -2.18. The Morgan fingerprint density at radius 2 is 1.38 bits per heavy atom. The van der Waals surface area contributed by atoms with Crippen LogP contribution in [0.5, 0.6) is 0 Å². The molecule has 1 saturated heterocycles. The number of aromatic nitrogens is 1. The van der Waals surface area contributed by atoms with Gasteiger partial charge in [-0.25, -0.2) is 4.79 Å². The monoisotopic (exact) mass is 407 g/mol. The van der Waals surface area contributed by atoms with Gasteiger partial charge in [0.15, 0.2) is 6.23 Å². The van der Waals surface area contributed by atoms with Crippen LogP contribution in [0.15, 0.2) is 9.32 Å². The molecule has 0 aromatic carbocycles. The molecule has 0 saturated carbocycles. The minimum Gasteiger partial charge on any atom is -0.355 e. The highest BCUT2D eigenvalue weighted by Gasteiger charge is 2.22. The summed E-state index contributed by atoms with van der Waals surface area (Å²) in [6.45, 7) is 5.05.